The molecule has 0 aliphatic rings. The Balaban J connectivity index is 2.53. The minimum Gasteiger partial charge on any atom is -0.508 e. The van der Waals surface area contributed by atoms with Gasteiger partial charge in [-0.1, -0.05) is 12.1 Å². The predicted molar refractivity (Wildman–Crippen MR) is 106 cm³/mol. The number of Topliss-reactive ketones (excluding diaryl/α,β-unsaturated/α-hetero) is 1. The Labute approximate surface area is 170 Å². The largest absolute Gasteiger partial charge is 0.508 e. The van der Waals surface area contributed by atoms with E-state index in [0.717, 1.165) is 5.56 Å². The first-order valence-corrected chi connectivity index (χ1v) is 9.39. The number of phenols is 1. The highest BCUT2D eigenvalue weighted by molar-refractivity contribution is 5.90. The normalized spacial score (nSPS) is 12.7. The van der Waals surface area contributed by atoms with Crippen LogP contribution in [0.2, 0.25) is 0 Å². The second-order valence-corrected chi connectivity index (χ2v) is 7.04. The summed E-state index contributed by atoms with van der Waals surface area (Å²) in [5.41, 5.74) is 6.60. The summed E-state index contributed by atoms with van der Waals surface area (Å²) in [5.74, 6) is -1.76. The van der Waals surface area contributed by atoms with Crippen molar-refractivity contribution in [2.75, 3.05) is 6.54 Å². The number of nitrogens with one attached hydrogen (secondary N) is 2. The summed E-state index contributed by atoms with van der Waals surface area (Å²) >= 11 is 0. The van der Waals surface area contributed by atoms with Gasteiger partial charge in [0.15, 0.2) is 0 Å². The third-order valence-electron chi connectivity index (χ3n) is 3.91. The van der Waals surface area contributed by atoms with Crippen molar-refractivity contribution in [3.8, 4) is 5.75 Å². The van der Waals surface area contributed by atoms with Crippen LogP contribution in [-0.2, 0) is 30.3 Å². The third kappa shape index (κ3) is 9.70. The minimum atomic E-state index is -0.976. The van der Waals surface area contributed by atoms with Gasteiger partial charge in [-0.25, -0.2) is 4.79 Å². The molecule has 1 aromatic rings. The lowest BCUT2D eigenvalue weighted by Gasteiger charge is -2.19. The quantitative estimate of drug-likeness (QED) is 0.383. The van der Waals surface area contributed by atoms with E-state index in [1.54, 1.807) is 26.0 Å². The monoisotopic (exact) mass is 407 g/mol. The second kappa shape index (κ2) is 11.8. The third-order valence-corrected chi connectivity index (χ3v) is 3.91. The van der Waals surface area contributed by atoms with Crippen molar-refractivity contribution < 1.29 is 29.0 Å². The number of aromatic hydroxyl groups is 1. The molecule has 160 valence electrons. The van der Waals surface area contributed by atoms with Crippen LogP contribution in [0.4, 0.5) is 0 Å². The molecule has 0 radical (unpaired) electrons. The van der Waals surface area contributed by atoms with Gasteiger partial charge in [0.2, 0.25) is 11.8 Å². The van der Waals surface area contributed by atoms with E-state index < -0.39 is 29.9 Å². The average Bonchev–Trinajstić information content (AvgIpc) is 2.64. The Morgan fingerprint density at radius 1 is 1.14 bits per heavy atom. The molecule has 5 N–H and O–H groups in total. The van der Waals surface area contributed by atoms with E-state index in [-0.39, 0.29) is 43.4 Å². The van der Waals surface area contributed by atoms with Gasteiger partial charge in [-0.3, -0.25) is 9.59 Å². The molecule has 9 heteroatoms. The van der Waals surface area contributed by atoms with Crippen molar-refractivity contribution in [2.45, 2.75) is 58.2 Å². The summed E-state index contributed by atoms with van der Waals surface area (Å²) in [6.07, 6.45) is 0.0929. The molecule has 0 aliphatic carbocycles. The zero-order valence-electron chi connectivity index (χ0n) is 16.9. The molecule has 29 heavy (non-hydrogen) atoms. The number of benzene rings is 1. The number of hydrogen-bond donors (Lipinski definition) is 4. The highest BCUT2D eigenvalue weighted by Crippen LogP contribution is 2.10. The fraction of sp³-hybridized carbons (Fsp3) is 0.500. The number of nitrogens with two attached hydrogens (primary N) is 1. The first kappa shape index (κ1) is 24.1. The molecule has 0 saturated carbocycles. The topological polar surface area (TPSA) is 148 Å². The Kier molecular flexibility index (Phi) is 9.81. The van der Waals surface area contributed by atoms with Gasteiger partial charge < -0.3 is 31.0 Å². The number of carbonyl (C=O) groups excluding carboxylic acids is 4. The standard InChI is InChI=1S/C20H29N3O6/c1-12(2)29-20(28)17(9-4-13(3)24)23-18(26)11-22-19(27)16(21)10-14-5-7-15(25)8-6-14/h5-8,12,16-17,25H,4,9-11,21H2,1-3H3,(H,22,27)(H,23,26). The predicted octanol–water partition coefficient (Wildman–Crippen LogP) is 0.184. The van der Waals surface area contributed by atoms with E-state index in [4.69, 9.17) is 10.5 Å². The summed E-state index contributed by atoms with van der Waals surface area (Å²) < 4.78 is 5.09. The maximum Gasteiger partial charge on any atom is 0.328 e. The Morgan fingerprint density at radius 3 is 2.31 bits per heavy atom. The summed E-state index contributed by atoms with van der Waals surface area (Å²) in [5, 5.41) is 14.2. The van der Waals surface area contributed by atoms with Gasteiger partial charge in [-0.2, -0.15) is 0 Å². The number of rotatable bonds is 11. The lowest BCUT2D eigenvalue weighted by Crippen LogP contribution is -2.49. The van der Waals surface area contributed by atoms with E-state index in [2.05, 4.69) is 10.6 Å². The van der Waals surface area contributed by atoms with Gasteiger partial charge in [-0.15, -0.1) is 0 Å². The maximum atomic E-state index is 12.1. The van der Waals surface area contributed by atoms with Crippen molar-refractivity contribution >= 4 is 23.6 Å². The smallest absolute Gasteiger partial charge is 0.328 e. The van der Waals surface area contributed by atoms with Crippen LogP contribution in [-0.4, -0.2) is 53.4 Å². The number of esters is 1. The van der Waals surface area contributed by atoms with E-state index in [9.17, 15) is 24.3 Å². The van der Waals surface area contributed by atoms with Crippen molar-refractivity contribution in [3.05, 3.63) is 29.8 Å². The van der Waals surface area contributed by atoms with E-state index in [0.29, 0.717) is 0 Å². The molecule has 0 spiro atoms. The first-order valence-electron chi connectivity index (χ1n) is 9.39. The molecular formula is C20H29N3O6. The molecule has 2 unspecified atom stereocenters. The number of phenolic OH excluding ortho intramolecular Hbond substituents is 1. The van der Waals surface area contributed by atoms with Gasteiger partial charge in [0.1, 0.15) is 17.6 Å². The fourth-order valence-electron chi connectivity index (χ4n) is 2.43. The van der Waals surface area contributed by atoms with E-state index in [1.807, 2.05) is 0 Å². The number of carbonyl (C=O) groups is 4. The summed E-state index contributed by atoms with van der Waals surface area (Å²) in [7, 11) is 0. The van der Waals surface area contributed by atoms with Crippen molar-refractivity contribution in [1.29, 1.82) is 0 Å². The van der Waals surface area contributed by atoms with E-state index >= 15 is 0 Å². The molecule has 9 nitrogen and oxygen atoms in total. The highest BCUT2D eigenvalue weighted by atomic mass is 16.5. The molecule has 0 aliphatic heterocycles. The first-order chi connectivity index (χ1) is 13.6. The van der Waals surface area contributed by atoms with Crippen LogP contribution in [0.3, 0.4) is 0 Å². The Hall–Kier alpha value is -2.94. The fourth-order valence-corrected chi connectivity index (χ4v) is 2.43. The van der Waals surface area contributed by atoms with Crippen molar-refractivity contribution in [1.82, 2.24) is 10.6 Å². The number of ketones is 1. The zero-order chi connectivity index (χ0) is 22.0. The molecule has 0 heterocycles. The van der Waals surface area contributed by atoms with Crippen LogP contribution >= 0.6 is 0 Å². The molecular weight excluding hydrogens is 378 g/mol. The van der Waals surface area contributed by atoms with Crippen LogP contribution in [0, 0.1) is 0 Å². The van der Waals surface area contributed by atoms with Crippen LogP contribution < -0.4 is 16.4 Å². The van der Waals surface area contributed by atoms with Crippen molar-refractivity contribution in [2.24, 2.45) is 5.73 Å². The molecule has 0 fully saturated rings. The van der Waals surface area contributed by atoms with Gasteiger partial charge in [0.25, 0.3) is 0 Å². The Morgan fingerprint density at radius 2 is 1.76 bits per heavy atom. The molecule has 1 rings (SSSR count). The molecule has 0 saturated heterocycles. The van der Waals surface area contributed by atoms with Crippen LogP contribution in [0.25, 0.3) is 0 Å². The molecule has 0 bridgehead atoms. The summed E-state index contributed by atoms with van der Waals surface area (Å²) in [6, 6.07) is 4.42. The second-order valence-electron chi connectivity index (χ2n) is 7.04. The SMILES string of the molecule is CC(=O)CCC(NC(=O)CNC(=O)C(N)Cc1ccc(O)cc1)C(=O)OC(C)C. The van der Waals surface area contributed by atoms with Gasteiger partial charge >= 0.3 is 5.97 Å². The van der Waals surface area contributed by atoms with E-state index in [1.165, 1.54) is 19.1 Å². The molecule has 2 atom stereocenters. The highest BCUT2D eigenvalue weighted by Gasteiger charge is 2.24. The number of hydrogen-bond acceptors (Lipinski definition) is 7. The lowest BCUT2D eigenvalue weighted by atomic mass is 10.1. The van der Waals surface area contributed by atoms with Crippen molar-refractivity contribution in [3.63, 3.8) is 0 Å². The molecule has 0 aromatic heterocycles. The average molecular weight is 407 g/mol. The van der Waals surface area contributed by atoms with Gasteiger partial charge in [0, 0.05) is 6.42 Å². The zero-order valence-corrected chi connectivity index (χ0v) is 16.9. The number of ether oxygens (including phenoxy) is 1. The molecule has 2 amide bonds. The van der Waals surface area contributed by atoms with Gasteiger partial charge in [-0.05, 0) is 51.3 Å². The lowest BCUT2D eigenvalue weighted by molar-refractivity contribution is -0.151. The van der Waals surface area contributed by atoms with Crippen LogP contribution in [0.15, 0.2) is 24.3 Å². The number of amides is 2. The Bertz CT molecular complexity index is 717. The van der Waals surface area contributed by atoms with Gasteiger partial charge in [0.05, 0.1) is 18.7 Å². The molecule has 1 aromatic carbocycles. The summed E-state index contributed by atoms with van der Waals surface area (Å²) in [6.45, 7) is 4.38. The van der Waals surface area contributed by atoms with Crippen LogP contribution in [0.1, 0.15) is 39.2 Å². The summed E-state index contributed by atoms with van der Waals surface area (Å²) in [4.78, 5) is 47.5. The van der Waals surface area contributed by atoms with Crippen LogP contribution in [0.5, 0.6) is 5.75 Å². The maximum absolute atomic E-state index is 12.1. The minimum absolute atomic E-state index is 0.110.